The van der Waals surface area contributed by atoms with Gasteiger partial charge in [-0.15, -0.1) is 0 Å². The van der Waals surface area contributed by atoms with Gasteiger partial charge in [-0.05, 0) is 41.1 Å². The highest BCUT2D eigenvalue weighted by molar-refractivity contribution is 9.10. The zero-order chi connectivity index (χ0) is 15.0. The van der Waals surface area contributed by atoms with E-state index in [2.05, 4.69) is 31.2 Å². The molecule has 21 heavy (non-hydrogen) atoms. The Morgan fingerprint density at radius 2 is 2.24 bits per heavy atom. The zero-order valence-electron chi connectivity index (χ0n) is 11.0. The van der Waals surface area contributed by atoms with Gasteiger partial charge < -0.3 is 9.72 Å². The Morgan fingerprint density at radius 1 is 1.43 bits per heavy atom. The summed E-state index contributed by atoms with van der Waals surface area (Å²) in [4.78, 5) is 20.3. The minimum absolute atomic E-state index is 0.246. The Labute approximate surface area is 128 Å². The number of nitrogens with zero attached hydrogens (tertiary/aromatic N) is 3. The summed E-state index contributed by atoms with van der Waals surface area (Å²) in [7, 11) is 0. The van der Waals surface area contributed by atoms with Crippen molar-refractivity contribution in [1.29, 1.82) is 0 Å². The van der Waals surface area contributed by atoms with E-state index in [1.54, 1.807) is 6.20 Å². The van der Waals surface area contributed by atoms with Crippen molar-refractivity contribution < 1.29 is 9.18 Å². The van der Waals surface area contributed by atoms with Crippen LogP contribution in [0.1, 0.15) is 16.2 Å². The molecule has 1 N–H and O–H groups in total. The SMILES string of the molecule is Cc1cccc2nc(C(=O)Nc3ncc(F)cc3Br)cn12. The topological polar surface area (TPSA) is 59.3 Å². The Morgan fingerprint density at radius 3 is 2.95 bits per heavy atom. The van der Waals surface area contributed by atoms with E-state index in [9.17, 15) is 9.18 Å². The van der Waals surface area contributed by atoms with E-state index in [-0.39, 0.29) is 11.5 Å². The van der Waals surface area contributed by atoms with Gasteiger partial charge in [-0.25, -0.2) is 14.4 Å². The summed E-state index contributed by atoms with van der Waals surface area (Å²) in [6.07, 6.45) is 2.69. The number of amides is 1. The summed E-state index contributed by atoms with van der Waals surface area (Å²) >= 11 is 3.15. The third-order valence-electron chi connectivity index (χ3n) is 2.97. The van der Waals surface area contributed by atoms with Crippen LogP contribution in [0.25, 0.3) is 5.65 Å². The standard InChI is InChI=1S/C14H10BrFN4O/c1-8-3-2-4-12-18-11(7-20(8)12)14(21)19-13-10(15)5-9(16)6-17-13/h2-7H,1H3,(H,17,19,21). The molecule has 3 rings (SSSR count). The minimum atomic E-state index is -0.483. The number of fused-ring (bicyclic) bond motifs is 1. The van der Waals surface area contributed by atoms with Crippen molar-refractivity contribution in [3.63, 3.8) is 0 Å². The molecule has 0 aromatic carbocycles. The molecule has 5 nitrogen and oxygen atoms in total. The average Bonchev–Trinajstić information content (AvgIpc) is 2.87. The van der Waals surface area contributed by atoms with Crippen LogP contribution >= 0.6 is 15.9 Å². The number of aryl methyl sites for hydroxylation is 1. The van der Waals surface area contributed by atoms with Crippen molar-refractivity contribution in [3.8, 4) is 0 Å². The van der Waals surface area contributed by atoms with E-state index >= 15 is 0 Å². The molecule has 0 bridgehead atoms. The number of pyridine rings is 2. The second-order valence-electron chi connectivity index (χ2n) is 4.46. The number of aromatic nitrogens is 3. The van der Waals surface area contributed by atoms with Crippen molar-refractivity contribution in [3.05, 3.63) is 58.3 Å². The number of carbonyl (C=O) groups excluding carboxylic acids is 1. The van der Waals surface area contributed by atoms with E-state index in [1.807, 2.05) is 29.5 Å². The van der Waals surface area contributed by atoms with E-state index in [4.69, 9.17) is 0 Å². The number of rotatable bonds is 2. The molecule has 0 fully saturated rings. The van der Waals surface area contributed by atoms with E-state index in [0.29, 0.717) is 10.1 Å². The minimum Gasteiger partial charge on any atom is -0.304 e. The Balaban J connectivity index is 1.92. The fourth-order valence-electron chi connectivity index (χ4n) is 1.94. The van der Waals surface area contributed by atoms with Gasteiger partial charge in [0.25, 0.3) is 5.91 Å². The summed E-state index contributed by atoms with van der Waals surface area (Å²) in [5.74, 6) is -0.642. The molecule has 106 valence electrons. The molecular formula is C14H10BrFN4O. The smallest absolute Gasteiger partial charge is 0.277 e. The predicted molar refractivity (Wildman–Crippen MR) is 79.8 cm³/mol. The lowest BCUT2D eigenvalue weighted by Gasteiger charge is -2.04. The highest BCUT2D eigenvalue weighted by Crippen LogP contribution is 2.21. The first-order valence-electron chi connectivity index (χ1n) is 6.12. The zero-order valence-corrected chi connectivity index (χ0v) is 12.6. The third kappa shape index (κ3) is 2.64. The van der Waals surface area contributed by atoms with E-state index < -0.39 is 11.7 Å². The molecule has 3 aromatic rings. The second-order valence-corrected chi connectivity index (χ2v) is 5.31. The maximum atomic E-state index is 13.0. The van der Waals surface area contributed by atoms with Crippen molar-refractivity contribution in [2.75, 3.05) is 5.32 Å². The van der Waals surface area contributed by atoms with Gasteiger partial charge in [0.2, 0.25) is 0 Å². The first-order chi connectivity index (χ1) is 10.0. The fourth-order valence-corrected chi connectivity index (χ4v) is 2.36. The van der Waals surface area contributed by atoms with Gasteiger partial charge in [0.15, 0.2) is 0 Å². The van der Waals surface area contributed by atoms with Crippen LogP contribution in [0.5, 0.6) is 0 Å². The largest absolute Gasteiger partial charge is 0.304 e. The fraction of sp³-hybridized carbons (Fsp3) is 0.0714. The number of anilines is 1. The van der Waals surface area contributed by atoms with Gasteiger partial charge >= 0.3 is 0 Å². The van der Waals surface area contributed by atoms with Crippen LogP contribution in [-0.2, 0) is 0 Å². The molecule has 0 saturated carbocycles. The summed E-state index contributed by atoms with van der Waals surface area (Å²) < 4.78 is 15.2. The number of nitrogens with one attached hydrogen (secondary N) is 1. The van der Waals surface area contributed by atoms with Gasteiger partial charge in [-0.2, -0.15) is 0 Å². The first-order valence-corrected chi connectivity index (χ1v) is 6.91. The number of hydrogen-bond donors (Lipinski definition) is 1. The van der Waals surface area contributed by atoms with Crippen molar-refractivity contribution in [1.82, 2.24) is 14.4 Å². The molecule has 3 aromatic heterocycles. The molecule has 0 spiro atoms. The quantitative estimate of drug-likeness (QED) is 0.773. The molecule has 7 heteroatoms. The van der Waals surface area contributed by atoms with Crippen LogP contribution < -0.4 is 5.32 Å². The lowest BCUT2D eigenvalue weighted by Crippen LogP contribution is -2.13. The van der Waals surface area contributed by atoms with Crippen LogP contribution in [0, 0.1) is 12.7 Å². The Kier molecular flexibility index (Phi) is 3.42. The molecule has 0 aliphatic heterocycles. The molecule has 0 aliphatic carbocycles. The van der Waals surface area contributed by atoms with Gasteiger partial charge in [0, 0.05) is 11.9 Å². The van der Waals surface area contributed by atoms with Crippen molar-refractivity contribution >= 4 is 33.3 Å². The molecule has 0 aliphatic rings. The second kappa shape index (κ2) is 5.25. The number of halogens is 2. The maximum Gasteiger partial charge on any atom is 0.277 e. The highest BCUT2D eigenvalue weighted by Gasteiger charge is 2.14. The lowest BCUT2D eigenvalue weighted by molar-refractivity contribution is 0.102. The van der Waals surface area contributed by atoms with Crippen LogP contribution in [0.15, 0.2) is 41.1 Å². The normalized spacial score (nSPS) is 10.8. The van der Waals surface area contributed by atoms with Gasteiger partial charge in [0.1, 0.15) is 23.0 Å². The summed E-state index contributed by atoms with van der Waals surface area (Å²) in [6.45, 7) is 1.93. The monoisotopic (exact) mass is 348 g/mol. The number of imidazole rings is 1. The van der Waals surface area contributed by atoms with Crippen LogP contribution in [-0.4, -0.2) is 20.3 Å². The van der Waals surface area contributed by atoms with E-state index in [1.165, 1.54) is 6.07 Å². The summed E-state index contributed by atoms with van der Waals surface area (Å²) in [6, 6.07) is 6.85. The van der Waals surface area contributed by atoms with Crippen LogP contribution in [0.3, 0.4) is 0 Å². The molecule has 0 saturated heterocycles. The summed E-state index contributed by atoms with van der Waals surface area (Å²) in [5, 5.41) is 2.59. The highest BCUT2D eigenvalue weighted by atomic mass is 79.9. The molecule has 0 radical (unpaired) electrons. The van der Waals surface area contributed by atoms with E-state index in [0.717, 1.165) is 11.9 Å². The maximum absolute atomic E-state index is 13.0. The molecular weight excluding hydrogens is 339 g/mol. The van der Waals surface area contributed by atoms with Gasteiger partial charge in [-0.1, -0.05) is 6.07 Å². The Bertz CT molecular complexity index is 846. The molecule has 0 atom stereocenters. The number of carbonyl (C=O) groups is 1. The molecule has 1 amide bonds. The third-order valence-corrected chi connectivity index (χ3v) is 3.57. The average molecular weight is 349 g/mol. The van der Waals surface area contributed by atoms with Gasteiger partial charge in [-0.3, -0.25) is 4.79 Å². The number of hydrogen-bond acceptors (Lipinski definition) is 3. The van der Waals surface area contributed by atoms with Crippen molar-refractivity contribution in [2.24, 2.45) is 0 Å². The molecule has 0 unspecified atom stereocenters. The Hall–Kier alpha value is -2.28. The predicted octanol–water partition coefficient (Wildman–Crippen LogP) is 3.19. The van der Waals surface area contributed by atoms with Gasteiger partial charge in [0.05, 0.1) is 10.7 Å². The lowest BCUT2D eigenvalue weighted by atomic mass is 10.4. The summed E-state index contributed by atoms with van der Waals surface area (Å²) in [5.41, 5.74) is 1.92. The molecule has 3 heterocycles. The van der Waals surface area contributed by atoms with Crippen molar-refractivity contribution in [2.45, 2.75) is 6.92 Å². The van der Waals surface area contributed by atoms with Crippen LogP contribution in [0.2, 0.25) is 0 Å². The first kappa shape index (κ1) is 13.7. The van der Waals surface area contributed by atoms with Crippen LogP contribution in [0.4, 0.5) is 10.2 Å².